The number of nitrogens with one attached hydrogen (secondary N) is 5. The molecule has 0 aliphatic rings. The van der Waals surface area contributed by atoms with Crippen LogP contribution in [0.25, 0.3) is 0 Å². The van der Waals surface area contributed by atoms with Gasteiger partial charge >= 0.3 is 5.97 Å². The van der Waals surface area contributed by atoms with Crippen LogP contribution in [0.3, 0.4) is 0 Å². The summed E-state index contributed by atoms with van der Waals surface area (Å²) in [6.45, 7) is 0. The summed E-state index contributed by atoms with van der Waals surface area (Å²) in [5, 5.41) is 17.4. The molecule has 0 bridgehead atoms. The quantitative estimate of drug-likeness (QED) is 0.118. The summed E-state index contributed by atoms with van der Waals surface area (Å²) in [4.78, 5) is 64.4. The van der Waals surface area contributed by atoms with E-state index < -0.39 is 47.9 Å². The van der Waals surface area contributed by atoms with Crippen LogP contribution in [0.1, 0.15) is 17.0 Å². The first-order valence-electron chi connectivity index (χ1n) is 11.8. The first-order chi connectivity index (χ1) is 18.3. The van der Waals surface area contributed by atoms with Gasteiger partial charge in [-0.25, -0.2) is 14.8 Å². The molecule has 3 amide bonds. The van der Waals surface area contributed by atoms with E-state index in [4.69, 9.17) is 5.73 Å². The van der Waals surface area contributed by atoms with Gasteiger partial charge in [0.25, 0.3) is 0 Å². The summed E-state index contributed by atoms with van der Waals surface area (Å²) in [7, 11) is 0. The summed E-state index contributed by atoms with van der Waals surface area (Å²) in [6.07, 6.45) is 5.85. The molecule has 8 N–H and O–H groups in total. The molecule has 4 atom stereocenters. The first-order valence-corrected chi connectivity index (χ1v) is 12.4. The van der Waals surface area contributed by atoms with Crippen LogP contribution in [0.4, 0.5) is 0 Å². The van der Waals surface area contributed by atoms with E-state index in [9.17, 15) is 24.3 Å². The van der Waals surface area contributed by atoms with Gasteiger partial charge < -0.3 is 36.8 Å². The number of aromatic nitrogens is 4. The largest absolute Gasteiger partial charge is 0.480 e. The lowest BCUT2D eigenvalue weighted by Crippen LogP contribution is -2.58. The summed E-state index contributed by atoms with van der Waals surface area (Å²) < 4.78 is 0. The van der Waals surface area contributed by atoms with E-state index in [0.717, 1.165) is 5.56 Å². The Bertz CT molecular complexity index is 1190. The van der Waals surface area contributed by atoms with E-state index in [1.807, 2.05) is 6.07 Å². The van der Waals surface area contributed by atoms with Crippen molar-refractivity contribution in [2.24, 2.45) is 5.73 Å². The molecule has 0 aliphatic carbocycles. The highest BCUT2D eigenvalue weighted by atomic mass is 32.1. The number of aliphatic carboxylic acids is 1. The van der Waals surface area contributed by atoms with Crippen molar-refractivity contribution in [1.29, 1.82) is 0 Å². The zero-order valence-corrected chi connectivity index (χ0v) is 21.2. The molecule has 0 fully saturated rings. The molecule has 0 radical (unpaired) electrons. The summed E-state index contributed by atoms with van der Waals surface area (Å²) in [5.74, 6) is -3.13. The Morgan fingerprint density at radius 3 is 1.82 bits per heavy atom. The van der Waals surface area contributed by atoms with Gasteiger partial charge in [-0.2, -0.15) is 12.6 Å². The molecular formula is C24H30N8O5S. The first kappa shape index (κ1) is 28.4. The number of nitrogens with two attached hydrogens (primary N) is 1. The number of aromatic amines is 2. The van der Waals surface area contributed by atoms with Gasteiger partial charge in [-0.15, -0.1) is 0 Å². The Hall–Kier alpha value is -4.17. The van der Waals surface area contributed by atoms with Gasteiger partial charge in [-0.1, -0.05) is 30.3 Å². The molecule has 3 aromatic rings. The normalized spacial score (nSPS) is 14.1. The minimum atomic E-state index is -1.28. The Kier molecular flexibility index (Phi) is 10.4. The Morgan fingerprint density at radius 1 is 0.816 bits per heavy atom. The van der Waals surface area contributed by atoms with E-state index in [1.54, 1.807) is 24.3 Å². The maximum atomic E-state index is 13.4. The van der Waals surface area contributed by atoms with E-state index in [1.165, 1.54) is 25.0 Å². The second-order valence-electron chi connectivity index (χ2n) is 8.56. The lowest BCUT2D eigenvalue weighted by atomic mass is 10.0. The van der Waals surface area contributed by atoms with Crippen molar-refractivity contribution in [3.8, 4) is 0 Å². The number of thiol groups is 1. The number of amides is 3. The van der Waals surface area contributed by atoms with Crippen molar-refractivity contribution in [3.05, 3.63) is 72.3 Å². The van der Waals surface area contributed by atoms with Crippen LogP contribution in [0.5, 0.6) is 0 Å². The third-order valence-electron chi connectivity index (χ3n) is 5.65. The van der Waals surface area contributed by atoms with Crippen LogP contribution in [0.2, 0.25) is 0 Å². The van der Waals surface area contributed by atoms with E-state index in [-0.39, 0.29) is 25.0 Å². The van der Waals surface area contributed by atoms with Gasteiger partial charge in [-0.05, 0) is 5.56 Å². The lowest BCUT2D eigenvalue weighted by molar-refractivity contribution is -0.142. The molecule has 13 nitrogen and oxygen atoms in total. The third-order valence-corrected chi connectivity index (χ3v) is 6.05. The lowest BCUT2D eigenvalue weighted by Gasteiger charge is -2.25. The van der Waals surface area contributed by atoms with Gasteiger partial charge in [0.1, 0.15) is 18.1 Å². The number of rotatable bonds is 14. The Morgan fingerprint density at radius 2 is 1.32 bits per heavy atom. The second-order valence-corrected chi connectivity index (χ2v) is 8.93. The number of H-pyrrole nitrogens is 2. The number of hydrogen-bond donors (Lipinski definition) is 8. The Labute approximate surface area is 223 Å². The van der Waals surface area contributed by atoms with Gasteiger partial charge in [0, 0.05) is 48.8 Å². The van der Waals surface area contributed by atoms with Gasteiger partial charge in [0.15, 0.2) is 0 Å². The maximum absolute atomic E-state index is 13.4. The molecule has 0 aliphatic heterocycles. The van der Waals surface area contributed by atoms with Crippen molar-refractivity contribution in [3.63, 3.8) is 0 Å². The molecule has 3 rings (SSSR count). The monoisotopic (exact) mass is 542 g/mol. The van der Waals surface area contributed by atoms with Crippen LogP contribution in [-0.4, -0.2) is 78.7 Å². The van der Waals surface area contributed by atoms with Crippen LogP contribution in [0.15, 0.2) is 55.4 Å². The molecule has 2 heterocycles. The molecule has 0 saturated heterocycles. The molecule has 14 heteroatoms. The summed E-state index contributed by atoms with van der Waals surface area (Å²) >= 11 is 4.04. The highest BCUT2D eigenvalue weighted by Crippen LogP contribution is 2.07. The zero-order chi connectivity index (χ0) is 27.5. The SMILES string of the molecule is NC(CS)C(=O)NC(Cc1ccccc1)C(=O)NC(Cc1cnc[nH]1)C(=O)NC(Cc1cnc[nH]1)C(=O)O. The highest BCUT2D eigenvalue weighted by molar-refractivity contribution is 7.80. The van der Waals surface area contributed by atoms with Crippen molar-refractivity contribution in [2.45, 2.75) is 43.4 Å². The molecule has 4 unspecified atom stereocenters. The van der Waals surface area contributed by atoms with E-state index in [2.05, 4.69) is 48.5 Å². The zero-order valence-electron chi connectivity index (χ0n) is 20.3. The third kappa shape index (κ3) is 8.45. The second kappa shape index (κ2) is 13.9. The van der Waals surface area contributed by atoms with Crippen molar-refractivity contribution >= 4 is 36.3 Å². The molecule has 2 aromatic heterocycles. The molecular weight excluding hydrogens is 512 g/mol. The molecule has 1 aromatic carbocycles. The molecule has 202 valence electrons. The van der Waals surface area contributed by atoms with Gasteiger partial charge in [-0.3, -0.25) is 14.4 Å². The smallest absolute Gasteiger partial charge is 0.326 e. The minimum absolute atomic E-state index is 0.00384. The predicted molar refractivity (Wildman–Crippen MR) is 140 cm³/mol. The van der Waals surface area contributed by atoms with Crippen molar-refractivity contribution < 1.29 is 24.3 Å². The van der Waals surface area contributed by atoms with Gasteiger partial charge in [0.2, 0.25) is 17.7 Å². The van der Waals surface area contributed by atoms with Crippen LogP contribution in [0, 0.1) is 0 Å². The molecule has 0 saturated carbocycles. The van der Waals surface area contributed by atoms with Crippen molar-refractivity contribution in [1.82, 2.24) is 35.9 Å². The number of imidazole rings is 2. The molecule has 38 heavy (non-hydrogen) atoms. The topological polar surface area (TPSA) is 208 Å². The highest BCUT2D eigenvalue weighted by Gasteiger charge is 2.31. The van der Waals surface area contributed by atoms with E-state index in [0.29, 0.717) is 11.4 Å². The van der Waals surface area contributed by atoms with E-state index >= 15 is 0 Å². The average molecular weight is 543 g/mol. The predicted octanol–water partition coefficient (Wildman–Crippen LogP) is -1.04. The van der Waals surface area contributed by atoms with Gasteiger partial charge in [0.05, 0.1) is 18.7 Å². The fraction of sp³-hybridized carbons (Fsp3) is 0.333. The Balaban J connectivity index is 1.79. The van der Waals surface area contributed by atoms with Crippen LogP contribution >= 0.6 is 12.6 Å². The number of carboxylic acid groups (broad SMARTS) is 1. The number of carbonyl (C=O) groups excluding carboxylic acids is 3. The van der Waals surface area contributed by atoms with Crippen molar-refractivity contribution in [2.75, 3.05) is 5.75 Å². The standard InChI is InChI=1S/C24H30N8O5S/c25-17(11-38)21(33)30-18(6-14-4-2-1-3-5-14)22(34)31-19(7-15-9-26-12-28-15)23(35)32-20(24(36)37)8-16-10-27-13-29-16/h1-5,9-10,12-13,17-20,38H,6-8,11,25H2,(H,26,28)(H,27,29)(H,30,33)(H,31,34)(H,32,35)(H,36,37). The number of carboxylic acids is 1. The summed E-state index contributed by atoms with van der Waals surface area (Å²) in [5.41, 5.74) is 7.60. The van der Waals surface area contributed by atoms with Crippen LogP contribution in [-0.2, 0) is 38.4 Å². The fourth-order valence-electron chi connectivity index (χ4n) is 3.61. The number of carbonyl (C=O) groups is 4. The maximum Gasteiger partial charge on any atom is 0.326 e. The fourth-order valence-corrected chi connectivity index (χ4v) is 3.77. The number of benzene rings is 1. The summed E-state index contributed by atoms with van der Waals surface area (Å²) in [6, 6.07) is 4.55. The molecule has 0 spiro atoms. The minimum Gasteiger partial charge on any atom is -0.480 e. The van der Waals surface area contributed by atoms with Crippen LogP contribution < -0.4 is 21.7 Å². The number of nitrogens with zero attached hydrogens (tertiary/aromatic N) is 2. The average Bonchev–Trinajstić information content (AvgIpc) is 3.62. The number of hydrogen-bond acceptors (Lipinski definition) is 8.